The maximum Gasteiger partial charge on any atom is 0.317 e. The van der Waals surface area contributed by atoms with Gasteiger partial charge in [0.05, 0.1) is 6.54 Å². The number of carboxylic acids is 1. The second kappa shape index (κ2) is 5.63. The summed E-state index contributed by atoms with van der Waals surface area (Å²) in [5.74, 6) is -0.781. The monoisotopic (exact) mass is 291 g/mol. The van der Waals surface area contributed by atoms with Crippen molar-refractivity contribution >= 4 is 33.2 Å². The van der Waals surface area contributed by atoms with E-state index in [-0.39, 0.29) is 12.6 Å². The summed E-state index contributed by atoms with van der Waals surface area (Å²) in [6.07, 6.45) is 0. The van der Waals surface area contributed by atoms with Gasteiger partial charge in [-0.25, -0.2) is 0 Å². The zero-order valence-electron chi connectivity index (χ0n) is 8.74. The molecule has 15 heavy (non-hydrogen) atoms. The van der Waals surface area contributed by atoms with Crippen LogP contribution < -0.4 is 0 Å². The van der Waals surface area contributed by atoms with Crippen LogP contribution >= 0.6 is 27.3 Å². The second-order valence-corrected chi connectivity index (χ2v) is 5.44. The molecule has 5 heteroatoms. The molecule has 3 nitrogen and oxygen atoms in total. The van der Waals surface area contributed by atoms with Gasteiger partial charge in [-0.3, -0.25) is 9.69 Å². The molecule has 1 heterocycles. The minimum absolute atomic E-state index is 0.0853. The molecule has 0 saturated heterocycles. The van der Waals surface area contributed by atoms with Crippen molar-refractivity contribution in [2.45, 2.75) is 26.4 Å². The maximum absolute atomic E-state index is 10.7. The van der Waals surface area contributed by atoms with Gasteiger partial charge in [0.1, 0.15) is 0 Å². The molecular formula is C10H14BrNO2S. The van der Waals surface area contributed by atoms with Crippen molar-refractivity contribution < 1.29 is 9.90 Å². The van der Waals surface area contributed by atoms with Crippen molar-refractivity contribution in [1.82, 2.24) is 4.90 Å². The summed E-state index contributed by atoms with van der Waals surface area (Å²) in [6, 6.07) is 2.22. The summed E-state index contributed by atoms with van der Waals surface area (Å²) >= 11 is 5.09. The van der Waals surface area contributed by atoms with E-state index in [1.54, 1.807) is 11.3 Å². The smallest absolute Gasteiger partial charge is 0.317 e. The van der Waals surface area contributed by atoms with E-state index in [0.29, 0.717) is 6.54 Å². The molecule has 1 aromatic heterocycles. The van der Waals surface area contributed by atoms with Crippen molar-refractivity contribution in [2.75, 3.05) is 6.54 Å². The van der Waals surface area contributed by atoms with Crippen LogP contribution in [0.15, 0.2) is 15.9 Å². The second-order valence-electron chi connectivity index (χ2n) is 3.58. The average molecular weight is 292 g/mol. The lowest BCUT2D eigenvalue weighted by Gasteiger charge is -2.23. The Morgan fingerprint density at radius 2 is 2.33 bits per heavy atom. The van der Waals surface area contributed by atoms with Crippen LogP contribution in [0, 0.1) is 0 Å². The highest BCUT2D eigenvalue weighted by molar-refractivity contribution is 9.10. The Morgan fingerprint density at radius 1 is 1.67 bits per heavy atom. The molecule has 0 saturated carbocycles. The van der Waals surface area contributed by atoms with Gasteiger partial charge < -0.3 is 5.11 Å². The molecule has 0 amide bonds. The molecule has 0 unspecified atom stereocenters. The van der Waals surface area contributed by atoms with E-state index in [4.69, 9.17) is 5.11 Å². The van der Waals surface area contributed by atoms with Crippen molar-refractivity contribution in [1.29, 1.82) is 0 Å². The lowest BCUT2D eigenvalue weighted by Crippen LogP contribution is -2.34. The quantitative estimate of drug-likeness (QED) is 0.907. The Hall–Kier alpha value is -0.390. The molecule has 0 spiro atoms. The van der Waals surface area contributed by atoms with Gasteiger partial charge in [0.15, 0.2) is 0 Å². The van der Waals surface area contributed by atoms with Gasteiger partial charge in [0.2, 0.25) is 0 Å². The lowest BCUT2D eigenvalue weighted by molar-refractivity contribution is -0.138. The fraction of sp³-hybridized carbons (Fsp3) is 0.500. The Bertz CT molecular complexity index is 338. The van der Waals surface area contributed by atoms with Gasteiger partial charge in [-0.15, -0.1) is 11.3 Å². The third-order valence-corrected chi connectivity index (χ3v) is 4.02. The Kier molecular flexibility index (Phi) is 4.76. The number of hydrogen-bond donors (Lipinski definition) is 1. The Labute approximate surface area is 102 Å². The van der Waals surface area contributed by atoms with Crippen LogP contribution in [0.3, 0.4) is 0 Å². The van der Waals surface area contributed by atoms with Crippen molar-refractivity contribution in [3.63, 3.8) is 0 Å². The van der Waals surface area contributed by atoms with Crippen molar-refractivity contribution in [2.24, 2.45) is 0 Å². The Balaban J connectivity index is 2.67. The number of hydrogen-bond acceptors (Lipinski definition) is 3. The highest BCUT2D eigenvalue weighted by Gasteiger charge is 2.15. The van der Waals surface area contributed by atoms with Gasteiger partial charge in [-0.2, -0.15) is 0 Å². The third kappa shape index (κ3) is 3.93. The van der Waals surface area contributed by atoms with Crippen molar-refractivity contribution in [3.8, 4) is 0 Å². The van der Waals surface area contributed by atoms with Gasteiger partial charge >= 0.3 is 5.97 Å². The largest absolute Gasteiger partial charge is 0.480 e. The molecule has 1 rings (SSSR count). The van der Waals surface area contributed by atoms with Crippen LogP contribution in [0.5, 0.6) is 0 Å². The average Bonchev–Trinajstić information content (AvgIpc) is 2.50. The highest BCUT2D eigenvalue weighted by atomic mass is 79.9. The topological polar surface area (TPSA) is 40.5 Å². The molecule has 1 N–H and O–H groups in total. The highest BCUT2D eigenvalue weighted by Crippen LogP contribution is 2.24. The van der Waals surface area contributed by atoms with Gasteiger partial charge in [-0.05, 0) is 41.2 Å². The fourth-order valence-corrected chi connectivity index (χ4v) is 2.72. The summed E-state index contributed by atoms with van der Waals surface area (Å²) in [7, 11) is 0. The predicted octanol–water partition coefficient (Wildman–Crippen LogP) is 2.81. The molecule has 84 valence electrons. The van der Waals surface area contributed by atoms with E-state index in [1.807, 2.05) is 30.2 Å². The summed E-state index contributed by atoms with van der Waals surface area (Å²) in [6.45, 7) is 4.78. The van der Waals surface area contributed by atoms with E-state index in [1.165, 1.54) is 4.88 Å². The summed E-state index contributed by atoms with van der Waals surface area (Å²) in [5, 5.41) is 10.8. The van der Waals surface area contributed by atoms with E-state index in [0.717, 1.165) is 4.47 Å². The minimum atomic E-state index is -0.781. The van der Waals surface area contributed by atoms with E-state index in [2.05, 4.69) is 15.9 Å². The van der Waals surface area contributed by atoms with Crippen LogP contribution in [-0.2, 0) is 11.3 Å². The zero-order chi connectivity index (χ0) is 11.4. The summed E-state index contributed by atoms with van der Waals surface area (Å²) in [4.78, 5) is 13.8. The van der Waals surface area contributed by atoms with E-state index >= 15 is 0 Å². The molecule has 0 bridgehead atoms. The molecule has 0 radical (unpaired) electrons. The molecule has 0 aliphatic heterocycles. The predicted molar refractivity (Wildman–Crippen MR) is 65.2 cm³/mol. The van der Waals surface area contributed by atoms with E-state index in [9.17, 15) is 4.79 Å². The first-order chi connectivity index (χ1) is 7.00. The third-order valence-electron chi connectivity index (χ3n) is 2.11. The van der Waals surface area contributed by atoms with Crippen LogP contribution in [0.1, 0.15) is 18.7 Å². The van der Waals surface area contributed by atoms with Gasteiger partial charge in [-0.1, -0.05) is 0 Å². The minimum Gasteiger partial charge on any atom is -0.480 e. The summed E-state index contributed by atoms with van der Waals surface area (Å²) < 4.78 is 1.06. The number of nitrogens with zero attached hydrogens (tertiary/aromatic N) is 1. The molecule has 0 aliphatic rings. The van der Waals surface area contributed by atoms with Gasteiger partial charge in [0.25, 0.3) is 0 Å². The number of carboxylic acid groups (broad SMARTS) is 1. The normalized spacial score (nSPS) is 11.3. The zero-order valence-corrected chi connectivity index (χ0v) is 11.1. The first-order valence-corrected chi connectivity index (χ1v) is 6.35. The number of rotatable bonds is 5. The molecule has 1 aromatic rings. The molecule has 0 fully saturated rings. The number of aliphatic carboxylic acids is 1. The number of halogens is 1. The molecule has 0 atom stereocenters. The molecule has 0 aliphatic carbocycles. The molecule has 0 aromatic carbocycles. The number of carbonyl (C=O) groups is 1. The lowest BCUT2D eigenvalue weighted by atomic mass is 10.3. The fourth-order valence-electron chi connectivity index (χ4n) is 1.22. The van der Waals surface area contributed by atoms with Crippen LogP contribution in [0.4, 0.5) is 0 Å². The number of thiophene rings is 1. The van der Waals surface area contributed by atoms with Crippen LogP contribution in [0.25, 0.3) is 0 Å². The van der Waals surface area contributed by atoms with E-state index < -0.39 is 5.97 Å². The first kappa shape index (κ1) is 12.7. The standard InChI is InChI=1S/C10H14BrNO2S/c1-7(2)12(6-10(13)14)5-9-8(11)3-4-15-9/h3-4,7H,5-6H2,1-2H3,(H,13,14). The van der Waals surface area contributed by atoms with Crippen LogP contribution in [-0.4, -0.2) is 28.6 Å². The Morgan fingerprint density at radius 3 is 2.73 bits per heavy atom. The molecular weight excluding hydrogens is 278 g/mol. The summed E-state index contributed by atoms with van der Waals surface area (Å²) in [5.41, 5.74) is 0. The van der Waals surface area contributed by atoms with Crippen molar-refractivity contribution in [3.05, 3.63) is 20.8 Å². The first-order valence-electron chi connectivity index (χ1n) is 4.68. The SMILES string of the molecule is CC(C)N(CC(=O)O)Cc1sccc1Br. The maximum atomic E-state index is 10.7. The van der Waals surface area contributed by atoms with Gasteiger partial charge in [0, 0.05) is 21.9 Å². The van der Waals surface area contributed by atoms with Crippen LogP contribution in [0.2, 0.25) is 0 Å².